The molecule has 1 saturated heterocycles. The van der Waals surface area contributed by atoms with Gasteiger partial charge in [0.1, 0.15) is 5.82 Å². The number of anilines is 1. The summed E-state index contributed by atoms with van der Waals surface area (Å²) in [5.41, 5.74) is 0. The van der Waals surface area contributed by atoms with Gasteiger partial charge < -0.3 is 10.2 Å². The third-order valence-electron chi connectivity index (χ3n) is 4.14. The molecule has 21 heavy (non-hydrogen) atoms. The lowest BCUT2D eigenvalue weighted by molar-refractivity contribution is 0.523. The number of hydrogen-bond acceptors (Lipinski definition) is 3. The van der Waals surface area contributed by atoms with Gasteiger partial charge in [0, 0.05) is 46.6 Å². The monoisotopic (exact) mass is 347 g/mol. The lowest BCUT2D eigenvalue weighted by Crippen LogP contribution is -2.40. The number of benzene rings is 1. The van der Waals surface area contributed by atoms with E-state index in [2.05, 4.69) is 69.2 Å². The SMILES string of the molecule is CC(C)NCC1CCCN1c1nccc2c(Br)cccc12. The minimum atomic E-state index is 0.530. The number of aromatic nitrogens is 1. The van der Waals surface area contributed by atoms with E-state index in [0.29, 0.717) is 12.1 Å². The molecule has 3 nitrogen and oxygen atoms in total. The standard InChI is InChI=1S/C17H22BrN3/c1-12(2)20-11-13-5-4-10-21(13)17-15-6-3-7-16(18)14(15)8-9-19-17/h3,6-9,12-13,20H,4-5,10-11H2,1-2H3. The molecule has 0 bridgehead atoms. The first-order valence-electron chi connectivity index (χ1n) is 7.70. The molecule has 1 N–H and O–H groups in total. The summed E-state index contributed by atoms with van der Waals surface area (Å²) >= 11 is 3.65. The Morgan fingerprint density at radius 1 is 1.33 bits per heavy atom. The van der Waals surface area contributed by atoms with Crippen LogP contribution in [-0.2, 0) is 0 Å². The maximum absolute atomic E-state index is 4.68. The van der Waals surface area contributed by atoms with Gasteiger partial charge in [-0.2, -0.15) is 0 Å². The van der Waals surface area contributed by atoms with E-state index in [1.807, 2.05) is 6.20 Å². The first-order chi connectivity index (χ1) is 10.2. The highest BCUT2D eigenvalue weighted by Gasteiger charge is 2.26. The van der Waals surface area contributed by atoms with Crippen LogP contribution in [0.15, 0.2) is 34.9 Å². The molecule has 0 radical (unpaired) electrons. The van der Waals surface area contributed by atoms with Crippen LogP contribution in [-0.4, -0.2) is 30.2 Å². The summed E-state index contributed by atoms with van der Waals surface area (Å²) in [7, 11) is 0. The van der Waals surface area contributed by atoms with Crippen molar-refractivity contribution >= 4 is 32.5 Å². The van der Waals surface area contributed by atoms with Gasteiger partial charge in [-0.3, -0.25) is 0 Å². The van der Waals surface area contributed by atoms with Crippen LogP contribution in [0.1, 0.15) is 26.7 Å². The second-order valence-corrected chi connectivity index (χ2v) is 6.88. The number of pyridine rings is 1. The number of nitrogens with one attached hydrogen (secondary N) is 1. The summed E-state index contributed by atoms with van der Waals surface area (Å²) in [4.78, 5) is 7.16. The number of rotatable bonds is 4. The fourth-order valence-electron chi connectivity index (χ4n) is 3.08. The summed E-state index contributed by atoms with van der Waals surface area (Å²) in [6.45, 7) is 6.53. The lowest BCUT2D eigenvalue weighted by Gasteiger charge is -2.28. The highest BCUT2D eigenvalue weighted by atomic mass is 79.9. The fourth-order valence-corrected chi connectivity index (χ4v) is 3.58. The number of halogens is 1. The van der Waals surface area contributed by atoms with Gasteiger partial charge in [-0.25, -0.2) is 4.98 Å². The molecule has 1 fully saturated rings. The van der Waals surface area contributed by atoms with E-state index in [4.69, 9.17) is 0 Å². The van der Waals surface area contributed by atoms with Gasteiger partial charge in [0.2, 0.25) is 0 Å². The first-order valence-corrected chi connectivity index (χ1v) is 8.49. The van der Waals surface area contributed by atoms with Crippen molar-refractivity contribution in [3.05, 3.63) is 34.9 Å². The van der Waals surface area contributed by atoms with Crippen molar-refractivity contribution in [2.75, 3.05) is 18.0 Å². The van der Waals surface area contributed by atoms with Crippen LogP contribution < -0.4 is 10.2 Å². The minimum absolute atomic E-state index is 0.530. The van der Waals surface area contributed by atoms with Gasteiger partial charge >= 0.3 is 0 Å². The fraction of sp³-hybridized carbons (Fsp3) is 0.471. The predicted molar refractivity (Wildman–Crippen MR) is 92.9 cm³/mol. The smallest absolute Gasteiger partial charge is 0.136 e. The normalized spacial score (nSPS) is 18.9. The van der Waals surface area contributed by atoms with Crippen LogP contribution in [0.3, 0.4) is 0 Å². The molecule has 1 aliphatic rings. The van der Waals surface area contributed by atoms with Crippen LogP contribution >= 0.6 is 15.9 Å². The molecule has 3 rings (SSSR count). The molecular formula is C17H22BrN3. The molecule has 1 unspecified atom stereocenters. The van der Waals surface area contributed by atoms with Crippen molar-refractivity contribution in [3.8, 4) is 0 Å². The Bertz CT molecular complexity index is 626. The van der Waals surface area contributed by atoms with Gasteiger partial charge in [0.25, 0.3) is 0 Å². The summed E-state index contributed by atoms with van der Waals surface area (Å²) in [6.07, 6.45) is 4.41. The Labute approximate surface area is 134 Å². The Morgan fingerprint density at radius 3 is 3.00 bits per heavy atom. The Balaban J connectivity index is 1.94. The second kappa shape index (κ2) is 6.32. The molecule has 1 aliphatic heterocycles. The molecule has 112 valence electrons. The summed E-state index contributed by atoms with van der Waals surface area (Å²) < 4.78 is 1.14. The topological polar surface area (TPSA) is 28.2 Å². The van der Waals surface area contributed by atoms with E-state index >= 15 is 0 Å². The Hall–Kier alpha value is -1.13. The van der Waals surface area contributed by atoms with Crippen molar-refractivity contribution < 1.29 is 0 Å². The van der Waals surface area contributed by atoms with Crippen molar-refractivity contribution in [1.29, 1.82) is 0 Å². The molecule has 1 aromatic heterocycles. The van der Waals surface area contributed by atoms with Gasteiger partial charge in [-0.05, 0) is 25.0 Å². The van der Waals surface area contributed by atoms with Crippen molar-refractivity contribution in [1.82, 2.24) is 10.3 Å². The van der Waals surface area contributed by atoms with Gasteiger partial charge in [0.15, 0.2) is 0 Å². The van der Waals surface area contributed by atoms with Crippen molar-refractivity contribution in [2.24, 2.45) is 0 Å². The van der Waals surface area contributed by atoms with Crippen LogP contribution in [0.4, 0.5) is 5.82 Å². The third-order valence-corrected chi connectivity index (χ3v) is 4.83. The van der Waals surface area contributed by atoms with Crippen LogP contribution in [0.25, 0.3) is 10.8 Å². The van der Waals surface area contributed by atoms with E-state index < -0.39 is 0 Å². The van der Waals surface area contributed by atoms with Crippen molar-refractivity contribution in [3.63, 3.8) is 0 Å². The number of hydrogen-bond donors (Lipinski definition) is 1. The maximum atomic E-state index is 4.68. The summed E-state index contributed by atoms with van der Waals surface area (Å²) in [5.74, 6) is 1.13. The minimum Gasteiger partial charge on any atom is -0.352 e. The molecule has 4 heteroatoms. The summed E-state index contributed by atoms with van der Waals surface area (Å²) in [6, 6.07) is 9.52. The molecule has 2 heterocycles. The maximum Gasteiger partial charge on any atom is 0.136 e. The van der Waals surface area contributed by atoms with Crippen LogP contribution in [0.5, 0.6) is 0 Å². The first kappa shape index (κ1) is 14.8. The number of fused-ring (bicyclic) bond motifs is 1. The second-order valence-electron chi connectivity index (χ2n) is 6.02. The molecule has 0 saturated carbocycles. The van der Waals surface area contributed by atoms with Crippen molar-refractivity contribution in [2.45, 2.75) is 38.8 Å². The van der Waals surface area contributed by atoms with Crippen LogP contribution in [0.2, 0.25) is 0 Å². The highest BCUT2D eigenvalue weighted by molar-refractivity contribution is 9.10. The molecule has 0 aliphatic carbocycles. The predicted octanol–water partition coefficient (Wildman–Crippen LogP) is 3.96. The molecule has 2 aromatic rings. The van der Waals surface area contributed by atoms with E-state index in [9.17, 15) is 0 Å². The van der Waals surface area contributed by atoms with E-state index in [1.165, 1.54) is 23.6 Å². The zero-order valence-corrected chi connectivity index (χ0v) is 14.2. The average molecular weight is 348 g/mol. The zero-order valence-electron chi connectivity index (χ0n) is 12.6. The third kappa shape index (κ3) is 3.06. The van der Waals surface area contributed by atoms with E-state index in [1.54, 1.807) is 0 Å². The van der Waals surface area contributed by atoms with E-state index in [0.717, 1.165) is 23.4 Å². The number of nitrogens with zero attached hydrogens (tertiary/aromatic N) is 2. The molecule has 1 atom stereocenters. The van der Waals surface area contributed by atoms with Crippen LogP contribution in [0, 0.1) is 0 Å². The molecular weight excluding hydrogens is 326 g/mol. The molecule has 0 spiro atoms. The average Bonchev–Trinajstić information content (AvgIpc) is 2.93. The molecule has 0 amide bonds. The lowest BCUT2D eigenvalue weighted by atomic mass is 10.1. The van der Waals surface area contributed by atoms with Gasteiger partial charge in [-0.15, -0.1) is 0 Å². The van der Waals surface area contributed by atoms with Gasteiger partial charge in [-0.1, -0.05) is 41.9 Å². The molecule has 1 aromatic carbocycles. The largest absolute Gasteiger partial charge is 0.352 e. The van der Waals surface area contributed by atoms with Gasteiger partial charge in [0.05, 0.1) is 0 Å². The Morgan fingerprint density at radius 2 is 2.19 bits per heavy atom. The zero-order chi connectivity index (χ0) is 14.8. The quantitative estimate of drug-likeness (QED) is 0.906. The Kier molecular flexibility index (Phi) is 4.45. The summed E-state index contributed by atoms with van der Waals surface area (Å²) in [5, 5.41) is 6.05. The highest BCUT2D eigenvalue weighted by Crippen LogP contribution is 2.33. The van der Waals surface area contributed by atoms with E-state index in [-0.39, 0.29) is 0 Å².